The highest BCUT2D eigenvalue weighted by Gasteiger charge is 2.10. The van der Waals surface area contributed by atoms with E-state index in [9.17, 15) is 4.79 Å². The van der Waals surface area contributed by atoms with Gasteiger partial charge in [-0.2, -0.15) is 0 Å². The van der Waals surface area contributed by atoms with Crippen LogP contribution in [0.1, 0.15) is 17.5 Å². The van der Waals surface area contributed by atoms with Crippen molar-refractivity contribution in [1.29, 1.82) is 0 Å². The first-order valence-corrected chi connectivity index (χ1v) is 7.30. The van der Waals surface area contributed by atoms with Gasteiger partial charge < -0.3 is 15.9 Å². The first kappa shape index (κ1) is 17.9. The summed E-state index contributed by atoms with van der Waals surface area (Å²) in [5, 5.41) is 17.0. The third-order valence-electron chi connectivity index (χ3n) is 3.08. The first-order valence-electron chi connectivity index (χ1n) is 7.30. The molecule has 0 aliphatic heterocycles. The molecule has 0 fully saturated rings. The van der Waals surface area contributed by atoms with E-state index in [-0.39, 0.29) is 6.61 Å². The minimum Gasteiger partial charge on any atom is -0.480 e. The van der Waals surface area contributed by atoms with Gasteiger partial charge in [-0.25, -0.2) is 0 Å². The van der Waals surface area contributed by atoms with Crippen molar-refractivity contribution >= 4 is 5.97 Å². The Bertz CT molecular complexity index is 529. The van der Waals surface area contributed by atoms with Gasteiger partial charge in [-0.15, -0.1) is 0 Å². The van der Waals surface area contributed by atoms with Crippen LogP contribution in [-0.2, 0) is 17.6 Å². The molecule has 4 heteroatoms. The number of carbonyl (C=O) groups is 1. The second-order valence-electron chi connectivity index (χ2n) is 4.95. The van der Waals surface area contributed by atoms with E-state index in [1.165, 1.54) is 5.56 Å². The first-order chi connectivity index (χ1) is 10.6. The number of aliphatic hydroxyl groups excluding tert-OH is 1. The van der Waals surface area contributed by atoms with Gasteiger partial charge in [-0.05, 0) is 30.4 Å². The van der Waals surface area contributed by atoms with E-state index in [0.29, 0.717) is 6.42 Å². The number of aliphatic carboxylic acids is 1. The topological polar surface area (TPSA) is 83.6 Å². The summed E-state index contributed by atoms with van der Waals surface area (Å²) in [4.78, 5) is 10.4. The average molecular weight is 301 g/mol. The van der Waals surface area contributed by atoms with Crippen LogP contribution in [0.25, 0.3) is 0 Å². The van der Waals surface area contributed by atoms with E-state index in [1.807, 2.05) is 48.5 Å². The smallest absolute Gasteiger partial charge is 0.320 e. The number of aryl methyl sites for hydroxylation is 1. The van der Waals surface area contributed by atoms with Crippen LogP contribution in [0.3, 0.4) is 0 Å². The Morgan fingerprint density at radius 2 is 1.45 bits per heavy atom. The van der Waals surface area contributed by atoms with Gasteiger partial charge in [0, 0.05) is 6.61 Å². The maximum absolute atomic E-state index is 10.4. The van der Waals surface area contributed by atoms with Gasteiger partial charge >= 0.3 is 5.97 Å². The van der Waals surface area contributed by atoms with Crippen LogP contribution >= 0.6 is 0 Å². The molecule has 4 nitrogen and oxygen atoms in total. The number of carboxylic acid groups (broad SMARTS) is 1. The number of nitrogens with two attached hydrogens (primary N) is 1. The van der Waals surface area contributed by atoms with Crippen molar-refractivity contribution in [3.8, 4) is 0 Å². The van der Waals surface area contributed by atoms with Crippen molar-refractivity contribution in [1.82, 2.24) is 0 Å². The molecule has 0 bridgehead atoms. The number of aliphatic hydroxyl groups is 1. The summed E-state index contributed by atoms with van der Waals surface area (Å²) in [6.07, 6.45) is 2.23. The number of carboxylic acids is 1. The fourth-order valence-electron chi connectivity index (χ4n) is 1.88. The SMILES string of the molecule is NC(Cc1ccccc1)C(=O)O.OCCCc1ccccc1. The fraction of sp³-hybridized carbons (Fsp3) is 0.278. The molecule has 0 amide bonds. The van der Waals surface area contributed by atoms with Crippen LogP contribution in [-0.4, -0.2) is 28.8 Å². The maximum atomic E-state index is 10.4. The van der Waals surface area contributed by atoms with E-state index in [2.05, 4.69) is 12.1 Å². The molecule has 0 aliphatic rings. The van der Waals surface area contributed by atoms with Crippen LogP contribution in [0.15, 0.2) is 60.7 Å². The van der Waals surface area contributed by atoms with E-state index in [1.54, 1.807) is 0 Å². The lowest BCUT2D eigenvalue weighted by molar-refractivity contribution is -0.138. The molecule has 0 aliphatic carbocycles. The second-order valence-corrected chi connectivity index (χ2v) is 4.95. The summed E-state index contributed by atoms with van der Waals surface area (Å²) in [6.45, 7) is 0.287. The van der Waals surface area contributed by atoms with Crippen molar-refractivity contribution in [3.05, 3.63) is 71.8 Å². The summed E-state index contributed by atoms with van der Waals surface area (Å²) < 4.78 is 0. The van der Waals surface area contributed by atoms with Crippen molar-refractivity contribution in [2.45, 2.75) is 25.3 Å². The van der Waals surface area contributed by atoms with Crippen molar-refractivity contribution in [2.24, 2.45) is 5.73 Å². The van der Waals surface area contributed by atoms with E-state index in [0.717, 1.165) is 18.4 Å². The molecular weight excluding hydrogens is 278 g/mol. The van der Waals surface area contributed by atoms with Crippen LogP contribution in [0.5, 0.6) is 0 Å². The van der Waals surface area contributed by atoms with Gasteiger partial charge in [0.25, 0.3) is 0 Å². The van der Waals surface area contributed by atoms with Gasteiger partial charge in [0.05, 0.1) is 0 Å². The van der Waals surface area contributed by atoms with E-state index in [4.69, 9.17) is 15.9 Å². The highest BCUT2D eigenvalue weighted by Crippen LogP contribution is 2.01. The summed E-state index contributed by atoms with van der Waals surface area (Å²) in [6, 6.07) is 18.7. The highest BCUT2D eigenvalue weighted by atomic mass is 16.4. The molecule has 0 saturated heterocycles. The third kappa shape index (κ3) is 7.57. The highest BCUT2D eigenvalue weighted by molar-refractivity contribution is 5.73. The zero-order chi connectivity index (χ0) is 16.2. The van der Waals surface area contributed by atoms with Crippen molar-refractivity contribution < 1.29 is 15.0 Å². The molecular formula is C18H23NO3. The summed E-state index contributed by atoms with van der Waals surface area (Å²) in [5.41, 5.74) is 7.60. The number of hydrogen-bond donors (Lipinski definition) is 3. The Morgan fingerprint density at radius 3 is 1.91 bits per heavy atom. The van der Waals surface area contributed by atoms with Gasteiger partial charge in [-0.1, -0.05) is 60.7 Å². The van der Waals surface area contributed by atoms with E-state index >= 15 is 0 Å². The lowest BCUT2D eigenvalue weighted by atomic mass is 10.1. The number of rotatable bonds is 6. The van der Waals surface area contributed by atoms with Gasteiger partial charge in [0.2, 0.25) is 0 Å². The molecule has 0 spiro atoms. The Hall–Kier alpha value is -2.17. The zero-order valence-corrected chi connectivity index (χ0v) is 12.6. The molecule has 0 radical (unpaired) electrons. The molecule has 0 aromatic heterocycles. The lowest BCUT2D eigenvalue weighted by Gasteiger charge is -2.04. The summed E-state index contributed by atoms with van der Waals surface area (Å²) in [7, 11) is 0. The Morgan fingerprint density at radius 1 is 0.955 bits per heavy atom. The lowest BCUT2D eigenvalue weighted by Crippen LogP contribution is -2.32. The molecule has 22 heavy (non-hydrogen) atoms. The Balaban J connectivity index is 0.000000224. The van der Waals surface area contributed by atoms with Crippen LogP contribution in [0, 0.1) is 0 Å². The third-order valence-corrected chi connectivity index (χ3v) is 3.08. The molecule has 0 heterocycles. The normalized spacial score (nSPS) is 11.2. The fourth-order valence-corrected chi connectivity index (χ4v) is 1.88. The zero-order valence-electron chi connectivity index (χ0n) is 12.6. The number of hydrogen-bond acceptors (Lipinski definition) is 3. The quantitative estimate of drug-likeness (QED) is 0.764. The van der Waals surface area contributed by atoms with Crippen LogP contribution < -0.4 is 5.73 Å². The Kier molecular flexibility index (Phi) is 8.57. The molecule has 2 aromatic rings. The van der Waals surface area contributed by atoms with Crippen LogP contribution in [0.2, 0.25) is 0 Å². The minimum absolute atomic E-state index is 0.287. The monoisotopic (exact) mass is 301 g/mol. The van der Waals surface area contributed by atoms with Crippen molar-refractivity contribution in [2.75, 3.05) is 6.61 Å². The number of benzene rings is 2. The van der Waals surface area contributed by atoms with Gasteiger partial charge in [-0.3, -0.25) is 4.79 Å². The minimum atomic E-state index is -0.959. The predicted molar refractivity (Wildman–Crippen MR) is 87.6 cm³/mol. The summed E-state index contributed by atoms with van der Waals surface area (Å²) >= 11 is 0. The average Bonchev–Trinajstić information content (AvgIpc) is 2.55. The standard InChI is InChI=1S/C9H11NO2.C9H12O/c10-8(9(11)12)6-7-4-2-1-3-5-7;10-8-4-7-9-5-2-1-3-6-9/h1-5,8H,6,10H2,(H,11,12);1-3,5-6,10H,4,7-8H2. The predicted octanol–water partition coefficient (Wildman–Crippen LogP) is 2.25. The molecule has 118 valence electrons. The van der Waals surface area contributed by atoms with Crippen LogP contribution in [0.4, 0.5) is 0 Å². The van der Waals surface area contributed by atoms with E-state index < -0.39 is 12.0 Å². The molecule has 0 saturated carbocycles. The van der Waals surface area contributed by atoms with Gasteiger partial charge in [0.1, 0.15) is 6.04 Å². The Labute approximate surface area is 131 Å². The summed E-state index contributed by atoms with van der Waals surface area (Å²) in [5.74, 6) is -0.959. The molecule has 1 atom stereocenters. The maximum Gasteiger partial charge on any atom is 0.320 e. The second kappa shape index (κ2) is 10.5. The van der Waals surface area contributed by atoms with Crippen molar-refractivity contribution in [3.63, 3.8) is 0 Å². The molecule has 2 rings (SSSR count). The molecule has 1 unspecified atom stereocenters. The van der Waals surface area contributed by atoms with Gasteiger partial charge in [0.15, 0.2) is 0 Å². The largest absolute Gasteiger partial charge is 0.480 e. The molecule has 4 N–H and O–H groups in total. The molecule has 2 aromatic carbocycles.